The van der Waals surface area contributed by atoms with Crippen molar-refractivity contribution in [3.8, 4) is 5.75 Å². The van der Waals surface area contributed by atoms with Crippen LogP contribution in [0.4, 0.5) is 0 Å². The first-order chi connectivity index (χ1) is 9.81. The molecule has 1 atom stereocenters. The largest absolute Gasteiger partial charge is 0.497 e. The van der Waals surface area contributed by atoms with Crippen LogP contribution in [0.2, 0.25) is 5.15 Å². The summed E-state index contributed by atoms with van der Waals surface area (Å²) in [6, 6.07) is 7.40. The van der Waals surface area contributed by atoms with Crippen LogP contribution in [0.5, 0.6) is 5.75 Å². The summed E-state index contributed by atoms with van der Waals surface area (Å²) in [7, 11) is 0.283. The van der Waals surface area contributed by atoms with Gasteiger partial charge in [-0.1, -0.05) is 11.6 Å². The van der Waals surface area contributed by atoms with Crippen molar-refractivity contribution in [1.82, 2.24) is 4.98 Å². The fourth-order valence-electron chi connectivity index (χ4n) is 1.63. The molecule has 0 fully saturated rings. The Morgan fingerprint density at radius 1 is 1.33 bits per heavy atom. The zero-order valence-corrected chi connectivity index (χ0v) is 14.0. The van der Waals surface area contributed by atoms with Crippen molar-refractivity contribution in [3.05, 3.63) is 35.0 Å². The number of nitrogens with zero attached hydrogens (tertiary/aromatic N) is 2. The highest BCUT2D eigenvalue weighted by molar-refractivity contribution is 7.85. The SMILES string of the molecule is COc1ccc2nc(Cl)c(C=NS(=O)C(C)(C)C)cc2c1. The minimum Gasteiger partial charge on any atom is -0.497 e. The van der Waals surface area contributed by atoms with Crippen molar-refractivity contribution in [2.75, 3.05) is 7.11 Å². The number of halogens is 1. The van der Waals surface area contributed by atoms with Crippen molar-refractivity contribution in [2.45, 2.75) is 25.5 Å². The van der Waals surface area contributed by atoms with Crippen LogP contribution in [0.25, 0.3) is 10.9 Å². The molecule has 1 aromatic carbocycles. The highest BCUT2D eigenvalue weighted by atomic mass is 35.5. The van der Waals surface area contributed by atoms with Gasteiger partial charge in [-0.25, -0.2) is 9.19 Å². The van der Waals surface area contributed by atoms with E-state index >= 15 is 0 Å². The van der Waals surface area contributed by atoms with E-state index in [4.69, 9.17) is 16.3 Å². The number of hydrogen-bond donors (Lipinski definition) is 0. The van der Waals surface area contributed by atoms with Crippen molar-refractivity contribution in [3.63, 3.8) is 0 Å². The maximum absolute atomic E-state index is 11.9. The van der Waals surface area contributed by atoms with E-state index in [0.717, 1.165) is 16.7 Å². The summed E-state index contributed by atoms with van der Waals surface area (Å²) in [5, 5.41) is 1.23. The molecule has 0 amide bonds. The third-order valence-corrected chi connectivity index (χ3v) is 4.46. The van der Waals surface area contributed by atoms with E-state index in [9.17, 15) is 4.21 Å². The first-order valence-electron chi connectivity index (χ1n) is 6.41. The van der Waals surface area contributed by atoms with Gasteiger partial charge in [-0.2, -0.15) is 4.40 Å². The lowest BCUT2D eigenvalue weighted by atomic mass is 10.1. The predicted molar refractivity (Wildman–Crippen MR) is 88.8 cm³/mol. The number of pyridine rings is 1. The molecule has 0 radical (unpaired) electrons. The molecule has 1 aromatic heterocycles. The zero-order valence-electron chi connectivity index (χ0n) is 12.4. The smallest absolute Gasteiger partial charge is 0.144 e. The van der Waals surface area contributed by atoms with Crippen molar-refractivity contribution >= 4 is 39.7 Å². The van der Waals surface area contributed by atoms with Crippen LogP contribution in [0.15, 0.2) is 28.7 Å². The number of methoxy groups -OCH3 is 1. The summed E-state index contributed by atoms with van der Waals surface area (Å²) in [6.45, 7) is 5.60. The van der Waals surface area contributed by atoms with Crippen LogP contribution in [0, 0.1) is 0 Å². The fraction of sp³-hybridized carbons (Fsp3) is 0.333. The van der Waals surface area contributed by atoms with Crippen LogP contribution in [-0.2, 0) is 11.0 Å². The quantitative estimate of drug-likeness (QED) is 0.637. The molecule has 0 aliphatic heterocycles. The molecular formula is C15H17ClN2O2S. The molecule has 1 unspecified atom stereocenters. The lowest BCUT2D eigenvalue weighted by molar-refractivity contribution is 0.415. The molecule has 21 heavy (non-hydrogen) atoms. The molecule has 0 aliphatic rings. The van der Waals surface area contributed by atoms with Crippen molar-refractivity contribution in [2.24, 2.45) is 4.40 Å². The van der Waals surface area contributed by atoms with Gasteiger partial charge in [0.2, 0.25) is 0 Å². The zero-order chi connectivity index (χ0) is 15.6. The third kappa shape index (κ3) is 3.80. The lowest BCUT2D eigenvalue weighted by Crippen LogP contribution is -2.19. The standard InChI is InChI=1S/C15H17ClN2O2S/c1-15(2,3)21(19)17-9-11-7-10-8-12(20-4)5-6-13(10)18-14(11)16/h5-9H,1-4H3. The van der Waals surface area contributed by atoms with E-state index in [1.807, 2.05) is 45.0 Å². The monoisotopic (exact) mass is 324 g/mol. The minimum absolute atomic E-state index is 0.335. The average molecular weight is 325 g/mol. The molecule has 2 rings (SSSR count). The number of hydrogen-bond acceptors (Lipinski definition) is 3. The first-order valence-corrected chi connectivity index (χ1v) is 7.90. The van der Waals surface area contributed by atoms with Gasteiger partial charge in [0.05, 0.1) is 17.4 Å². The molecule has 4 nitrogen and oxygen atoms in total. The summed E-state index contributed by atoms with van der Waals surface area (Å²) >= 11 is 6.14. The molecule has 1 heterocycles. The Kier molecular flexibility index (Phi) is 4.64. The highest BCUT2D eigenvalue weighted by Crippen LogP contribution is 2.23. The van der Waals surface area contributed by atoms with Crippen molar-refractivity contribution < 1.29 is 8.95 Å². The normalized spacial score (nSPS) is 13.8. The second kappa shape index (κ2) is 6.12. The van der Waals surface area contributed by atoms with Gasteiger partial charge in [0.15, 0.2) is 0 Å². The number of benzene rings is 1. The van der Waals surface area contributed by atoms with Gasteiger partial charge >= 0.3 is 0 Å². The van der Waals surface area contributed by atoms with Gasteiger partial charge in [-0.05, 0) is 45.0 Å². The van der Waals surface area contributed by atoms with E-state index < -0.39 is 15.7 Å². The Labute approximate surface area is 131 Å². The second-order valence-electron chi connectivity index (χ2n) is 5.52. The third-order valence-electron chi connectivity index (χ3n) is 2.81. The van der Waals surface area contributed by atoms with Gasteiger partial charge in [0.25, 0.3) is 0 Å². The maximum atomic E-state index is 11.9. The number of rotatable bonds is 3. The van der Waals surface area contributed by atoms with E-state index in [0.29, 0.717) is 10.7 Å². The molecule has 0 bridgehead atoms. The summed E-state index contributed by atoms with van der Waals surface area (Å²) in [5.41, 5.74) is 1.41. The van der Waals surface area contributed by atoms with Crippen LogP contribution < -0.4 is 4.74 Å². The fourth-order valence-corrected chi connectivity index (χ4v) is 2.35. The van der Waals surface area contributed by atoms with Gasteiger partial charge in [-0.15, -0.1) is 0 Å². The molecular weight excluding hydrogens is 308 g/mol. The molecule has 0 saturated carbocycles. The van der Waals surface area contributed by atoms with Crippen LogP contribution >= 0.6 is 11.6 Å². The Morgan fingerprint density at radius 2 is 2.05 bits per heavy atom. The second-order valence-corrected chi connectivity index (χ2v) is 7.81. The number of aromatic nitrogens is 1. The Balaban J connectivity index is 2.42. The minimum atomic E-state index is -1.33. The maximum Gasteiger partial charge on any atom is 0.144 e. The molecule has 6 heteroatoms. The topological polar surface area (TPSA) is 51.6 Å². The number of ether oxygens (including phenoxy) is 1. The molecule has 0 spiro atoms. The van der Waals surface area contributed by atoms with Crippen molar-refractivity contribution in [1.29, 1.82) is 0 Å². The summed E-state index contributed by atoms with van der Waals surface area (Å²) in [4.78, 5) is 4.31. The number of fused-ring (bicyclic) bond motifs is 1. The van der Waals surface area contributed by atoms with E-state index in [1.54, 1.807) is 7.11 Å². The lowest BCUT2D eigenvalue weighted by Gasteiger charge is -2.12. The van der Waals surface area contributed by atoms with Gasteiger partial charge in [0.1, 0.15) is 21.9 Å². The Hall–Kier alpha value is -1.46. The predicted octanol–water partition coefficient (Wildman–Crippen LogP) is 3.78. The first kappa shape index (κ1) is 15.9. The molecule has 2 aromatic rings. The van der Waals surface area contributed by atoms with E-state index in [2.05, 4.69) is 9.38 Å². The molecule has 0 aliphatic carbocycles. The van der Waals surface area contributed by atoms with Crippen LogP contribution in [0.1, 0.15) is 26.3 Å². The summed E-state index contributed by atoms with van der Waals surface area (Å²) < 4.78 is 20.8. The molecule has 0 N–H and O–H groups in total. The van der Waals surface area contributed by atoms with Crippen LogP contribution in [-0.4, -0.2) is 27.3 Å². The average Bonchev–Trinajstić information content (AvgIpc) is 2.43. The molecule has 112 valence electrons. The van der Waals surface area contributed by atoms with Gasteiger partial charge in [0, 0.05) is 17.2 Å². The van der Waals surface area contributed by atoms with Gasteiger partial charge in [-0.3, -0.25) is 0 Å². The Bertz CT molecular complexity index is 723. The van der Waals surface area contributed by atoms with E-state index in [1.165, 1.54) is 6.21 Å². The van der Waals surface area contributed by atoms with Crippen LogP contribution in [0.3, 0.4) is 0 Å². The Morgan fingerprint density at radius 3 is 2.67 bits per heavy atom. The molecule has 0 saturated heterocycles. The summed E-state index contributed by atoms with van der Waals surface area (Å²) in [6.07, 6.45) is 1.51. The summed E-state index contributed by atoms with van der Waals surface area (Å²) in [5.74, 6) is 0.743. The van der Waals surface area contributed by atoms with Gasteiger partial charge < -0.3 is 4.74 Å². The highest BCUT2D eigenvalue weighted by Gasteiger charge is 2.18. The van der Waals surface area contributed by atoms with E-state index in [-0.39, 0.29) is 0 Å².